The van der Waals surface area contributed by atoms with Gasteiger partial charge in [0.25, 0.3) is 5.82 Å². The van der Waals surface area contributed by atoms with Gasteiger partial charge >= 0.3 is 0 Å². The molecule has 1 heterocycles. The molecule has 2 unspecified atom stereocenters. The lowest BCUT2D eigenvalue weighted by Crippen LogP contribution is -2.66. The van der Waals surface area contributed by atoms with E-state index in [0.29, 0.717) is 12.0 Å². The summed E-state index contributed by atoms with van der Waals surface area (Å²) < 4.78 is 1.86. The van der Waals surface area contributed by atoms with Crippen LogP contribution in [0.4, 0.5) is 5.69 Å². The molecule has 0 bridgehead atoms. The Hall–Kier alpha value is -1.12. The molecule has 2 heteroatoms. The van der Waals surface area contributed by atoms with Crippen molar-refractivity contribution in [2.24, 2.45) is 5.92 Å². The van der Waals surface area contributed by atoms with Crippen molar-refractivity contribution in [2.45, 2.75) is 40.2 Å². The van der Waals surface area contributed by atoms with E-state index in [-0.39, 0.29) is 0 Å². The van der Waals surface area contributed by atoms with E-state index in [0.717, 1.165) is 8.97 Å². The van der Waals surface area contributed by atoms with Crippen molar-refractivity contribution in [3.05, 3.63) is 42.2 Å². The summed E-state index contributed by atoms with van der Waals surface area (Å²) in [6.07, 6.45) is 1.32. The summed E-state index contributed by atoms with van der Waals surface area (Å²) in [5.41, 5.74) is 2.69. The van der Waals surface area contributed by atoms with Crippen molar-refractivity contribution in [3.8, 4) is 0 Å². The monoisotopic (exact) mass is 288 g/mol. The van der Waals surface area contributed by atoms with Gasteiger partial charge in [0.05, 0.1) is 27.2 Å². The van der Waals surface area contributed by atoms with Crippen LogP contribution < -0.4 is 4.48 Å². The number of hydrogen-bond donors (Lipinski definition) is 0. The average Bonchev–Trinajstić information content (AvgIpc) is 2.42. The first-order valence-electron chi connectivity index (χ1n) is 8.20. The fourth-order valence-electron chi connectivity index (χ4n) is 3.52. The SMILES string of the molecule is C=C([N+]1(C)CCC1)[N+](C)(c1cccc(C)c1)C(C)C(C)C. The van der Waals surface area contributed by atoms with Crippen molar-refractivity contribution in [2.75, 3.05) is 27.2 Å². The van der Waals surface area contributed by atoms with Crippen molar-refractivity contribution < 1.29 is 4.48 Å². The van der Waals surface area contributed by atoms with Crippen LogP contribution in [0.25, 0.3) is 0 Å². The van der Waals surface area contributed by atoms with Crippen LogP contribution in [0.2, 0.25) is 0 Å². The molecule has 0 saturated carbocycles. The Morgan fingerprint density at radius 3 is 2.29 bits per heavy atom. The Morgan fingerprint density at radius 2 is 1.86 bits per heavy atom. The lowest BCUT2D eigenvalue weighted by molar-refractivity contribution is -0.917. The summed E-state index contributed by atoms with van der Waals surface area (Å²) in [6, 6.07) is 9.46. The molecule has 1 aromatic carbocycles. The number of likely N-dealkylation sites (tertiary alicyclic amines) is 1. The molecule has 0 N–H and O–H groups in total. The molecule has 0 aliphatic carbocycles. The highest BCUT2D eigenvalue weighted by molar-refractivity contribution is 5.48. The van der Waals surface area contributed by atoms with Crippen LogP contribution in [-0.4, -0.2) is 37.7 Å². The summed E-state index contributed by atoms with van der Waals surface area (Å²) in [5, 5.41) is 0. The first-order chi connectivity index (χ1) is 9.71. The van der Waals surface area contributed by atoms with Gasteiger partial charge in [0.1, 0.15) is 11.7 Å². The third kappa shape index (κ3) is 2.67. The van der Waals surface area contributed by atoms with Gasteiger partial charge in [0.2, 0.25) is 0 Å². The highest BCUT2D eigenvalue weighted by Crippen LogP contribution is 2.39. The van der Waals surface area contributed by atoms with Gasteiger partial charge in [-0.15, -0.1) is 0 Å². The van der Waals surface area contributed by atoms with Gasteiger partial charge in [0, 0.05) is 25.0 Å². The maximum absolute atomic E-state index is 4.57. The molecule has 1 aromatic rings. The lowest BCUT2D eigenvalue weighted by Gasteiger charge is -2.50. The van der Waals surface area contributed by atoms with Crippen molar-refractivity contribution in [3.63, 3.8) is 0 Å². The summed E-state index contributed by atoms with van der Waals surface area (Å²) in [6.45, 7) is 16.2. The van der Waals surface area contributed by atoms with Gasteiger partial charge < -0.3 is 0 Å². The third-order valence-electron chi connectivity index (χ3n) is 5.78. The van der Waals surface area contributed by atoms with Crippen LogP contribution in [-0.2, 0) is 0 Å². The van der Waals surface area contributed by atoms with Gasteiger partial charge in [-0.05, 0) is 25.5 Å². The van der Waals surface area contributed by atoms with Gasteiger partial charge in [-0.1, -0.05) is 26.0 Å². The van der Waals surface area contributed by atoms with Crippen molar-refractivity contribution in [1.82, 2.24) is 4.48 Å². The minimum atomic E-state index is 0.509. The molecule has 0 aromatic heterocycles. The fourth-order valence-corrected chi connectivity index (χ4v) is 3.52. The molecule has 0 radical (unpaired) electrons. The van der Waals surface area contributed by atoms with Crippen LogP contribution in [0.5, 0.6) is 0 Å². The number of aryl methyl sites for hydroxylation is 1. The molecular formula is C19H32N2+2. The standard InChI is InChI=1S/C19H32N2/c1-15(2)17(4)21(7,18(5)20(6)12-9-13-20)19-11-8-10-16(3)14-19/h8,10-11,14-15,17H,5,9,12-13H2,1-4,6-7H3/q+2. The quantitative estimate of drug-likeness (QED) is 0.709. The zero-order valence-corrected chi connectivity index (χ0v) is 14.7. The van der Waals surface area contributed by atoms with Crippen molar-refractivity contribution in [1.29, 1.82) is 0 Å². The predicted molar refractivity (Wildman–Crippen MR) is 92.9 cm³/mol. The number of rotatable bonds is 5. The molecule has 0 spiro atoms. The molecule has 2 atom stereocenters. The second kappa shape index (κ2) is 5.58. The first kappa shape index (κ1) is 16.3. The van der Waals surface area contributed by atoms with Gasteiger partial charge in [-0.3, -0.25) is 0 Å². The topological polar surface area (TPSA) is 0 Å². The van der Waals surface area contributed by atoms with E-state index in [9.17, 15) is 0 Å². The maximum Gasteiger partial charge on any atom is 0.292 e. The predicted octanol–water partition coefficient (Wildman–Crippen LogP) is 4.30. The number of quaternary nitrogens is 2. The fraction of sp³-hybridized carbons (Fsp3) is 0.579. The minimum Gasteiger partial charge on any atom is -0.247 e. The third-order valence-corrected chi connectivity index (χ3v) is 5.78. The average molecular weight is 288 g/mol. The Bertz CT molecular complexity index is 528. The van der Waals surface area contributed by atoms with E-state index in [1.165, 1.54) is 36.6 Å². The van der Waals surface area contributed by atoms with Crippen LogP contribution in [0.3, 0.4) is 0 Å². The molecule has 2 nitrogen and oxygen atoms in total. The zero-order valence-electron chi connectivity index (χ0n) is 14.7. The highest BCUT2D eigenvalue weighted by atomic mass is 15.6. The molecule has 1 fully saturated rings. The first-order valence-corrected chi connectivity index (χ1v) is 8.20. The summed E-state index contributed by atoms with van der Waals surface area (Å²) in [5.74, 6) is 1.94. The molecular weight excluding hydrogens is 256 g/mol. The number of benzene rings is 1. The molecule has 1 aliphatic rings. The van der Waals surface area contributed by atoms with Gasteiger partial charge in [-0.2, -0.15) is 0 Å². The van der Waals surface area contributed by atoms with Crippen LogP contribution in [0.15, 0.2) is 36.7 Å². The summed E-state index contributed by atoms with van der Waals surface area (Å²) in [4.78, 5) is 0. The minimum absolute atomic E-state index is 0.509. The van der Waals surface area contributed by atoms with Crippen molar-refractivity contribution >= 4 is 5.69 Å². The van der Waals surface area contributed by atoms with Crippen LogP contribution >= 0.6 is 0 Å². The molecule has 116 valence electrons. The molecule has 1 saturated heterocycles. The van der Waals surface area contributed by atoms with E-state index in [2.05, 4.69) is 72.6 Å². The second-order valence-corrected chi connectivity index (χ2v) is 7.51. The molecule has 21 heavy (non-hydrogen) atoms. The number of nitrogens with zero attached hydrogens (tertiary/aromatic N) is 2. The van der Waals surface area contributed by atoms with Gasteiger partial charge in [-0.25, -0.2) is 8.97 Å². The van der Waals surface area contributed by atoms with E-state index < -0.39 is 0 Å². The summed E-state index contributed by atoms with van der Waals surface area (Å²) >= 11 is 0. The van der Waals surface area contributed by atoms with Crippen LogP contribution in [0.1, 0.15) is 32.8 Å². The molecule has 0 amide bonds. The highest BCUT2D eigenvalue weighted by Gasteiger charge is 2.49. The van der Waals surface area contributed by atoms with Crippen LogP contribution in [0, 0.1) is 12.8 Å². The Labute approximate surface area is 130 Å². The maximum atomic E-state index is 4.57. The Morgan fingerprint density at radius 1 is 1.24 bits per heavy atom. The number of hydrogen-bond acceptors (Lipinski definition) is 0. The van der Waals surface area contributed by atoms with E-state index in [1.807, 2.05) is 0 Å². The smallest absolute Gasteiger partial charge is 0.247 e. The second-order valence-electron chi connectivity index (χ2n) is 7.51. The Balaban J connectivity index is 2.51. The zero-order chi connectivity index (χ0) is 15.8. The van der Waals surface area contributed by atoms with E-state index in [1.54, 1.807) is 0 Å². The van der Waals surface area contributed by atoms with Gasteiger partial charge in [0.15, 0.2) is 0 Å². The molecule has 1 aliphatic heterocycles. The largest absolute Gasteiger partial charge is 0.292 e. The van der Waals surface area contributed by atoms with E-state index in [4.69, 9.17) is 0 Å². The summed E-state index contributed by atoms with van der Waals surface area (Å²) in [7, 11) is 4.69. The lowest BCUT2D eigenvalue weighted by atomic mass is 9.98. The Kier molecular flexibility index (Phi) is 4.32. The molecule has 2 rings (SSSR count). The van der Waals surface area contributed by atoms with E-state index >= 15 is 0 Å². The normalized spacial score (nSPS) is 21.5.